The van der Waals surface area contributed by atoms with Gasteiger partial charge >= 0.3 is 12.1 Å². The van der Waals surface area contributed by atoms with Crippen molar-refractivity contribution in [3.8, 4) is 0 Å². The molecule has 0 fully saturated rings. The van der Waals surface area contributed by atoms with Crippen LogP contribution in [0.15, 0.2) is 0 Å². The topological polar surface area (TPSA) is 111 Å². The molecule has 0 aromatic rings. The average molecular weight is 296 g/mol. The first-order valence-corrected chi connectivity index (χ1v) is 7.22. The molecule has 0 heterocycles. The van der Waals surface area contributed by atoms with Gasteiger partial charge in [0, 0.05) is 13.1 Å². The third kappa shape index (κ3) is 10.3. The molecule has 0 aromatic carbocycles. The van der Waals surface area contributed by atoms with Crippen LogP contribution in [0.3, 0.4) is 0 Å². The molecule has 0 radical (unpaired) electrons. The van der Waals surface area contributed by atoms with Crippen LogP contribution < -0.4 is 10.0 Å². The van der Waals surface area contributed by atoms with E-state index in [-0.39, 0.29) is 13.1 Å². The van der Waals surface area contributed by atoms with E-state index in [0.717, 1.165) is 7.11 Å². The molecule has 0 rings (SSSR count). The van der Waals surface area contributed by atoms with Gasteiger partial charge in [0.25, 0.3) is 0 Å². The first-order chi connectivity index (χ1) is 8.56. The second kappa shape index (κ2) is 7.29. The summed E-state index contributed by atoms with van der Waals surface area (Å²) in [5, 5.41) is 2.37. The van der Waals surface area contributed by atoms with Gasteiger partial charge in [-0.05, 0) is 20.8 Å². The lowest BCUT2D eigenvalue weighted by Gasteiger charge is -2.19. The fourth-order valence-corrected chi connectivity index (χ4v) is 1.89. The van der Waals surface area contributed by atoms with Crippen LogP contribution in [0.2, 0.25) is 0 Å². The maximum atomic E-state index is 11.3. The van der Waals surface area contributed by atoms with Gasteiger partial charge in [-0.2, -0.15) is 0 Å². The molecule has 0 spiro atoms. The van der Waals surface area contributed by atoms with Crippen molar-refractivity contribution in [2.75, 3.05) is 26.0 Å². The zero-order valence-electron chi connectivity index (χ0n) is 11.5. The molecule has 8 nitrogen and oxygen atoms in total. The molecule has 0 bridgehead atoms. The van der Waals surface area contributed by atoms with E-state index in [1.807, 2.05) is 0 Å². The number of amides is 1. The van der Waals surface area contributed by atoms with Crippen molar-refractivity contribution in [2.24, 2.45) is 0 Å². The van der Waals surface area contributed by atoms with Gasteiger partial charge < -0.3 is 14.8 Å². The summed E-state index contributed by atoms with van der Waals surface area (Å²) in [6.07, 6.45) is -0.639. The standard InChI is InChI=1S/C10H20N2O6S/c1-10(2,3)18-9(14)11-5-6-12-19(15,16)7-8(13)17-4/h12H,5-7H2,1-4H3,(H,11,14). The lowest BCUT2D eigenvalue weighted by Crippen LogP contribution is -2.39. The highest BCUT2D eigenvalue weighted by Crippen LogP contribution is 2.05. The molecule has 0 saturated carbocycles. The van der Waals surface area contributed by atoms with Crippen LogP contribution in [-0.2, 0) is 24.3 Å². The van der Waals surface area contributed by atoms with Gasteiger partial charge in [-0.15, -0.1) is 0 Å². The normalized spacial score (nSPS) is 11.8. The minimum absolute atomic E-state index is 0.0431. The molecule has 0 aliphatic rings. The Hall–Kier alpha value is -1.35. The molecule has 19 heavy (non-hydrogen) atoms. The van der Waals surface area contributed by atoms with E-state index in [9.17, 15) is 18.0 Å². The molecule has 0 atom stereocenters. The van der Waals surface area contributed by atoms with E-state index in [1.54, 1.807) is 20.8 Å². The van der Waals surface area contributed by atoms with Gasteiger partial charge in [-0.3, -0.25) is 4.79 Å². The number of hydrogen-bond donors (Lipinski definition) is 2. The Balaban J connectivity index is 3.92. The molecule has 112 valence electrons. The number of hydrogen-bond acceptors (Lipinski definition) is 6. The van der Waals surface area contributed by atoms with Gasteiger partial charge in [0.15, 0.2) is 5.75 Å². The van der Waals surface area contributed by atoms with Crippen molar-refractivity contribution >= 4 is 22.1 Å². The number of alkyl carbamates (subject to hydrolysis) is 1. The Kier molecular flexibility index (Phi) is 6.77. The lowest BCUT2D eigenvalue weighted by molar-refractivity contribution is -0.137. The Bertz CT molecular complexity index is 412. The number of carbonyl (C=O) groups is 2. The molecular formula is C10H20N2O6S. The fourth-order valence-electron chi connectivity index (χ4n) is 0.950. The first-order valence-electron chi connectivity index (χ1n) is 5.57. The minimum atomic E-state index is -3.74. The van der Waals surface area contributed by atoms with E-state index in [0.29, 0.717) is 0 Å². The molecule has 9 heteroatoms. The molecule has 0 unspecified atom stereocenters. The lowest BCUT2D eigenvalue weighted by atomic mass is 10.2. The summed E-state index contributed by atoms with van der Waals surface area (Å²) < 4.78 is 34.0. The zero-order chi connectivity index (χ0) is 15.1. The highest BCUT2D eigenvalue weighted by atomic mass is 32.2. The van der Waals surface area contributed by atoms with Crippen LogP contribution >= 0.6 is 0 Å². The zero-order valence-corrected chi connectivity index (χ0v) is 12.3. The van der Waals surface area contributed by atoms with Crippen LogP contribution in [0.1, 0.15) is 20.8 Å². The highest BCUT2D eigenvalue weighted by molar-refractivity contribution is 7.90. The summed E-state index contributed by atoms with van der Waals surface area (Å²) in [6, 6.07) is 0. The van der Waals surface area contributed by atoms with E-state index >= 15 is 0 Å². The Labute approximate surface area is 112 Å². The van der Waals surface area contributed by atoms with Crippen LogP contribution in [0, 0.1) is 0 Å². The van der Waals surface area contributed by atoms with Gasteiger partial charge in [-0.1, -0.05) is 0 Å². The average Bonchev–Trinajstić information content (AvgIpc) is 2.21. The van der Waals surface area contributed by atoms with Gasteiger partial charge in [-0.25, -0.2) is 17.9 Å². The number of esters is 1. The molecule has 1 amide bonds. The Morgan fingerprint density at radius 2 is 1.74 bits per heavy atom. The fraction of sp³-hybridized carbons (Fsp3) is 0.800. The summed E-state index contributed by atoms with van der Waals surface area (Å²) in [5.41, 5.74) is -0.617. The number of sulfonamides is 1. The molecule has 0 aromatic heterocycles. The largest absolute Gasteiger partial charge is 0.468 e. The van der Waals surface area contributed by atoms with Crippen molar-refractivity contribution in [1.82, 2.24) is 10.0 Å². The van der Waals surface area contributed by atoms with Crippen LogP contribution in [0.4, 0.5) is 4.79 Å². The third-order valence-electron chi connectivity index (χ3n) is 1.65. The monoisotopic (exact) mass is 296 g/mol. The Morgan fingerprint density at radius 3 is 2.21 bits per heavy atom. The summed E-state index contributed by atoms with van der Waals surface area (Å²) >= 11 is 0. The maximum Gasteiger partial charge on any atom is 0.407 e. The second-order valence-electron chi connectivity index (χ2n) is 4.66. The molecule has 0 aliphatic heterocycles. The summed E-state index contributed by atoms with van der Waals surface area (Å²) in [6.45, 7) is 5.15. The summed E-state index contributed by atoms with van der Waals surface area (Å²) in [5.74, 6) is -1.61. The van der Waals surface area contributed by atoms with Crippen molar-refractivity contribution in [3.05, 3.63) is 0 Å². The number of rotatable bonds is 6. The van der Waals surface area contributed by atoms with E-state index in [4.69, 9.17) is 4.74 Å². The van der Waals surface area contributed by atoms with E-state index < -0.39 is 33.4 Å². The second-order valence-corrected chi connectivity index (χ2v) is 6.47. The van der Waals surface area contributed by atoms with Crippen LogP contribution in [0.5, 0.6) is 0 Å². The summed E-state index contributed by atoms with van der Waals surface area (Å²) in [7, 11) is -2.64. The van der Waals surface area contributed by atoms with Crippen molar-refractivity contribution in [1.29, 1.82) is 0 Å². The molecule has 2 N–H and O–H groups in total. The van der Waals surface area contributed by atoms with Gasteiger partial charge in [0.1, 0.15) is 5.60 Å². The molecular weight excluding hydrogens is 276 g/mol. The van der Waals surface area contributed by atoms with E-state index in [1.165, 1.54) is 0 Å². The smallest absolute Gasteiger partial charge is 0.407 e. The highest BCUT2D eigenvalue weighted by Gasteiger charge is 2.17. The predicted octanol–water partition coefficient (Wildman–Crippen LogP) is -0.396. The van der Waals surface area contributed by atoms with E-state index in [2.05, 4.69) is 14.8 Å². The quantitative estimate of drug-likeness (QED) is 0.510. The van der Waals surface area contributed by atoms with Gasteiger partial charge in [0.2, 0.25) is 10.0 Å². The van der Waals surface area contributed by atoms with Crippen molar-refractivity contribution in [2.45, 2.75) is 26.4 Å². The number of carbonyl (C=O) groups excluding carboxylic acids is 2. The number of methoxy groups -OCH3 is 1. The summed E-state index contributed by atoms with van der Waals surface area (Å²) in [4.78, 5) is 22.0. The number of ether oxygens (including phenoxy) is 2. The molecule has 0 aliphatic carbocycles. The van der Waals surface area contributed by atoms with Gasteiger partial charge in [0.05, 0.1) is 7.11 Å². The Morgan fingerprint density at radius 1 is 1.16 bits per heavy atom. The SMILES string of the molecule is COC(=O)CS(=O)(=O)NCCNC(=O)OC(C)(C)C. The minimum Gasteiger partial charge on any atom is -0.468 e. The van der Waals surface area contributed by atoms with Crippen LogP contribution in [0.25, 0.3) is 0 Å². The van der Waals surface area contributed by atoms with Crippen molar-refractivity contribution in [3.63, 3.8) is 0 Å². The van der Waals surface area contributed by atoms with Crippen LogP contribution in [-0.4, -0.2) is 52.0 Å². The first kappa shape index (κ1) is 17.6. The van der Waals surface area contributed by atoms with Crippen molar-refractivity contribution < 1.29 is 27.5 Å². The third-order valence-corrected chi connectivity index (χ3v) is 2.91. The predicted molar refractivity (Wildman–Crippen MR) is 68.0 cm³/mol. The number of nitrogens with one attached hydrogen (secondary N) is 2. The molecule has 0 saturated heterocycles. The maximum absolute atomic E-state index is 11.3.